The number of rotatable bonds is 5. The van der Waals surface area contributed by atoms with Gasteiger partial charge in [0.15, 0.2) is 11.6 Å². The van der Waals surface area contributed by atoms with Crippen molar-refractivity contribution in [1.82, 2.24) is 9.61 Å². The van der Waals surface area contributed by atoms with Gasteiger partial charge in [-0.1, -0.05) is 6.07 Å². The molecule has 130 valence electrons. The van der Waals surface area contributed by atoms with Crippen LogP contribution in [-0.4, -0.2) is 59.8 Å². The normalized spacial score (nSPS) is 16.5. The van der Waals surface area contributed by atoms with Gasteiger partial charge in [0.05, 0.1) is 51.2 Å². The summed E-state index contributed by atoms with van der Waals surface area (Å²) in [5, 5.41) is 7.94. The van der Waals surface area contributed by atoms with E-state index in [1.165, 1.54) is 12.2 Å². The van der Waals surface area contributed by atoms with Crippen molar-refractivity contribution in [1.29, 1.82) is 0 Å². The molecule has 0 aromatic carbocycles. The maximum absolute atomic E-state index is 11.4. The van der Waals surface area contributed by atoms with Gasteiger partial charge < -0.3 is 15.5 Å². The van der Waals surface area contributed by atoms with E-state index in [1.54, 1.807) is 10.6 Å². The van der Waals surface area contributed by atoms with Crippen LogP contribution in [0.1, 0.15) is 0 Å². The van der Waals surface area contributed by atoms with Gasteiger partial charge in [-0.25, -0.2) is 9.51 Å². The maximum Gasteiger partial charge on any atom is 0.180 e. The van der Waals surface area contributed by atoms with Crippen LogP contribution in [0.3, 0.4) is 0 Å². The Labute approximate surface area is 146 Å². The first kappa shape index (κ1) is 16.9. The molecule has 2 aromatic rings. The van der Waals surface area contributed by atoms with Gasteiger partial charge in [-0.2, -0.15) is 0 Å². The van der Waals surface area contributed by atoms with Crippen molar-refractivity contribution in [2.45, 2.75) is 0 Å². The largest absolute Gasteiger partial charge is 0.397 e. The number of nitrogens with two attached hydrogens (primary N) is 1. The number of carbonyl (C=O) groups is 1. The number of carbonyl (C=O) groups excluding carboxylic acids is 1. The summed E-state index contributed by atoms with van der Waals surface area (Å²) in [4.78, 5) is 16.1. The molecule has 2 heterocycles. The number of hydrogen-bond donors (Lipinski definition) is 2. The summed E-state index contributed by atoms with van der Waals surface area (Å²) in [6.07, 6.45) is 6.36. The number of aromatic nitrogens is 2. The number of ketones is 1. The van der Waals surface area contributed by atoms with Crippen LogP contribution in [0.4, 0.5) is 11.5 Å². The zero-order chi connectivity index (χ0) is 18.0. The predicted octanol–water partition coefficient (Wildman–Crippen LogP) is 1.51. The van der Waals surface area contributed by atoms with Crippen LogP contribution in [0.15, 0.2) is 53.3 Å². The Morgan fingerprint density at radius 2 is 2.08 bits per heavy atom. The fourth-order valence-corrected chi connectivity index (χ4v) is 2.48. The van der Waals surface area contributed by atoms with Gasteiger partial charge in [0.25, 0.3) is 0 Å². The zero-order valence-electron chi connectivity index (χ0n) is 14.7. The monoisotopic (exact) mass is 339 g/mol. The molecule has 0 atom stereocenters. The van der Waals surface area contributed by atoms with Crippen LogP contribution in [-0.2, 0) is 4.79 Å². The molecule has 7 nitrogen and oxygen atoms in total. The number of aliphatic imine (C=N–C) groups is 1. The first-order valence-electron chi connectivity index (χ1n) is 8.13. The second-order valence-corrected chi connectivity index (χ2v) is 7.00. The molecule has 0 aliphatic heterocycles. The van der Waals surface area contributed by atoms with E-state index in [0.29, 0.717) is 22.9 Å². The SMILES string of the molecule is C[N+](C)(C)CCNc1nn2ccccc2c1N=C1C=CC(=O)C=C1N. The van der Waals surface area contributed by atoms with Crippen molar-refractivity contribution in [3.63, 3.8) is 0 Å². The average molecular weight is 339 g/mol. The Morgan fingerprint density at radius 1 is 1.28 bits per heavy atom. The number of quaternary nitrogens is 1. The van der Waals surface area contributed by atoms with Crippen LogP contribution in [0, 0.1) is 0 Å². The molecule has 1 aliphatic rings. The van der Waals surface area contributed by atoms with E-state index in [4.69, 9.17) is 5.73 Å². The summed E-state index contributed by atoms with van der Waals surface area (Å²) in [7, 11) is 6.42. The number of likely N-dealkylation sites (N-methyl/N-ethyl adjacent to an activating group) is 1. The summed E-state index contributed by atoms with van der Waals surface area (Å²) in [6, 6.07) is 5.81. The van der Waals surface area contributed by atoms with E-state index < -0.39 is 0 Å². The molecule has 0 radical (unpaired) electrons. The number of fused-ring (bicyclic) bond motifs is 1. The molecule has 0 bridgehead atoms. The van der Waals surface area contributed by atoms with E-state index >= 15 is 0 Å². The predicted molar refractivity (Wildman–Crippen MR) is 100 cm³/mol. The highest BCUT2D eigenvalue weighted by atomic mass is 16.1. The molecular formula is C18H23N6O+. The zero-order valence-corrected chi connectivity index (χ0v) is 14.7. The molecule has 7 heteroatoms. The lowest BCUT2D eigenvalue weighted by atomic mass is 10.1. The average Bonchev–Trinajstić information content (AvgIpc) is 2.87. The first-order valence-corrected chi connectivity index (χ1v) is 8.13. The van der Waals surface area contributed by atoms with Crippen molar-refractivity contribution >= 4 is 28.5 Å². The van der Waals surface area contributed by atoms with Gasteiger partial charge in [0.2, 0.25) is 0 Å². The molecule has 3 N–H and O–H groups in total. The molecule has 2 aromatic heterocycles. The standard InChI is InChI=1S/C18H22N6O/c1-24(2,3)11-9-20-18-17(16-6-4-5-10-23(16)22-18)21-15-8-7-13(25)12-14(15)19/h4-8,10,12H,9,11H2,1-3H3,(H2-,19,20,22,25)/p+1. The molecule has 0 unspecified atom stereocenters. The summed E-state index contributed by atoms with van der Waals surface area (Å²) in [6.45, 7) is 1.71. The summed E-state index contributed by atoms with van der Waals surface area (Å²) in [5.74, 6) is 0.572. The van der Waals surface area contributed by atoms with E-state index in [9.17, 15) is 4.79 Å². The fourth-order valence-electron chi connectivity index (χ4n) is 2.48. The molecule has 0 fully saturated rings. The van der Waals surface area contributed by atoms with Crippen LogP contribution >= 0.6 is 0 Å². The number of hydrogen-bond acceptors (Lipinski definition) is 5. The van der Waals surface area contributed by atoms with Gasteiger partial charge in [-0.3, -0.25) is 4.79 Å². The fraction of sp³-hybridized carbons (Fsp3) is 0.278. The topological polar surface area (TPSA) is 84.8 Å². The third kappa shape index (κ3) is 3.95. The van der Waals surface area contributed by atoms with Crippen molar-refractivity contribution in [2.75, 3.05) is 39.5 Å². The molecule has 0 saturated carbocycles. The van der Waals surface area contributed by atoms with Crippen LogP contribution in [0.2, 0.25) is 0 Å². The molecule has 1 aliphatic carbocycles. The maximum atomic E-state index is 11.4. The van der Waals surface area contributed by atoms with Gasteiger partial charge >= 0.3 is 0 Å². The van der Waals surface area contributed by atoms with Crippen molar-refractivity contribution < 1.29 is 9.28 Å². The Balaban J connectivity index is 1.98. The number of allylic oxidation sites excluding steroid dienone is 3. The van der Waals surface area contributed by atoms with Gasteiger partial charge in [-0.05, 0) is 24.3 Å². The Hall–Kier alpha value is -2.93. The van der Waals surface area contributed by atoms with E-state index in [0.717, 1.165) is 23.1 Å². The third-order valence-corrected chi connectivity index (χ3v) is 3.82. The summed E-state index contributed by atoms with van der Waals surface area (Å²) < 4.78 is 2.63. The number of nitrogens with one attached hydrogen (secondary N) is 1. The molecule has 0 spiro atoms. The lowest BCUT2D eigenvalue weighted by molar-refractivity contribution is -0.868. The Morgan fingerprint density at radius 3 is 2.80 bits per heavy atom. The van der Waals surface area contributed by atoms with Gasteiger partial charge in [-0.15, -0.1) is 5.10 Å². The molecular weight excluding hydrogens is 316 g/mol. The quantitative estimate of drug-likeness (QED) is 0.639. The highest BCUT2D eigenvalue weighted by Crippen LogP contribution is 2.30. The number of nitrogens with zero attached hydrogens (tertiary/aromatic N) is 4. The molecule has 0 amide bonds. The summed E-state index contributed by atoms with van der Waals surface area (Å²) in [5.41, 5.74) is 8.46. The van der Waals surface area contributed by atoms with Crippen molar-refractivity contribution in [2.24, 2.45) is 10.7 Å². The smallest absolute Gasteiger partial charge is 0.180 e. The van der Waals surface area contributed by atoms with Crippen LogP contribution < -0.4 is 11.1 Å². The van der Waals surface area contributed by atoms with E-state index in [-0.39, 0.29) is 5.78 Å². The highest BCUT2D eigenvalue weighted by Gasteiger charge is 2.16. The van der Waals surface area contributed by atoms with Crippen molar-refractivity contribution in [3.8, 4) is 0 Å². The molecule has 3 rings (SSSR count). The minimum Gasteiger partial charge on any atom is -0.397 e. The Kier molecular flexibility index (Phi) is 4.41. The van der Waals surface area contributed by atoms with Gasteiger partial charge in [0, 0.05) is 12.3 Å². The molecule has 0 saturated heterocycles. The number of pyridine rings is 1. The van der Waals surface area contributed by atoms with Gasteiger partial charge in [0.1, 0.15) is 5.69 Å². The second kappa shape index (κ2) is 6.52. The highest BCUT2D eigenvalue weighted by molar-refractivity contribution is 6.20. The van der Waals surface area contributed by atoms with E-state index in [2.05, 4.69) is 36.6 Å². The number of anilines is 1. The minimum absolute atomic E-state index is 0.127. The third-order valence-electron chi connectivity index (χ3n) is 3.82. The Bertz CT molecular complexity index is 898. The lowest BCUT2D eigenvalue weighted by Crippen LogP contribution is -2.38. The lowest BCUT2D eigenvalue weighted by Gasteiger charge is -2.23. The minimum atomic E-state index is -0.127. The first-order chi connectivity index (χ1) is 11.8. The van der Waals surface area contributed by atoms with Crippen molar-refractivity contribution in [3.05, 3.63) is 48.3 Å². The van der Waals surface area contributed by atoms with Crippen LogP contribution in [0.5, 0.6) is 0 Å². The van der Waals surface area contributed by atoms with Crippen LogP contribution in [0.25, 0.3) is 5.52 Å². The second-order valence-electron chi connectivity index (χ2n) is 7.00. The molecule has 25 heavy (non-hydrogen) atoms. The van der Waals surface area contributed by atoms with E-state index in [1.807, 2.05) is 24.4 Å². The summed E-state index contributed by atoms with van der Waals surface area (Å²) >= 11 is 0.